The Morgan fingerprint density at radius 2 is 2.00 bits per heavy atom. The van der Waals surface area contributed by atoms with E-state index in [-0.39, 0.29) is 0 Å². The maximum absolute atomic E-state index is 5.98. The molecule has 0 aliphatic rings. The highest BCUT2D eigenvalue weighted by Crippen LogP contribution is 2.28. The summed E-state index contributed by atoms with van der Waals surface area (Å²) in [5.41, 5.74) is 9.01. The van der Waals surface area contributed by atoms with Gasteiger partial charge in [-0.25, -0.2) is 0 Å². The lowest BCUT2D eigenvalue weighted by Crippen LogP contribution is -2.02. The number of rotatable bonds is 1. The zero-order chi connectivity index (χ0) is 9.30. The summed E-state index contributed by atoms with van der Waals surface area (Å²) in [6.07, 6.45) is 0. The van der Waals surface area contributed by atoms with Crippen molar-refractivity contribution in [3.8, 4) is 0 Å². The van der Waals surface area contributed by atoms with Crippen molar-refractivity contribution in [2.45, 2.75) is 20.4 Å². The zero-order valence-electron chi connectivity index (χ0n) is 7.12. The fraction of sp³-hybridized carbons (Fsp3) is 0.333. The van der Waals surface area contributed by atoms with Gasteiger partial charge in [0.25, 0.3) is 0 Å². The Balaban J connectivity index is 3.42. The molecule has 0 spiro atoms. The Kier molecular flexibility index (Phi) is 3.16. The molecule has 1 nitrogen and oxygen atoms in total. The average molecular weight is 249 g/mol. The molecular weight excluding hydrogens is 237 g/mol. The first kappa shape index (κ1) is 10.0. The van der Waals surface area contributed by atoms with Crippen LogP contribution in [-0.4, -0.2) is 0 Å². The van der Waals surface area contributed by atoms with Gasteiger partial charge in [-0.2, -0.15) is 0 Å². The van der Waals surface area contributed by atoms with E-state index in [1.165, 1.54) is 5.56 Å². The molecule has 1 rings (SSSR count). The van der Waals surface area contributed by atoms with Crippen molar-refractivity contribution in [3.63, 3.8) is 0 Å². The molecule has 0 amide bonds. The smallest absolute Gasteiger partial charge is 0.0449 e. The predicted molar refractivity (Wildman–Crippen MR) is 56.5 cm³/mol. The van der Waals surface area contributed by atoms with Crippen LogP contribution in [0.5, 0.6) is 0 Å². The van der Waals surface area contributed by atoms with Gasteiger partial charge in [0.05, 0.1) is 0 Å². The van der Waals surface area contributed by atoms with E-state index in [0.29, 0.717) is 6.54 Å². The Hall–Kier alpha value is -0.0500. The third-order valence-corrected chi connectivity index (χ3v) is 3.30. The molecule has 0 heterocycles. The molecule has 0 saturated carbocycles. The van der Waals surface area contributed by atoms with Gasteiger partial charge in [-0.15, -0.1) is 0 Å². The fourth-order valence-electron chi connectivity index (χ4n) is 1.20. The Labute approximate surface area is 86.0 Å². The highest BCUT2D eigenvalue weighted by molar-refractivity contribution is 9.10. The van der Waals surface area contributed by atoms with Gasteiger partial charge in [0.15, 0.2) is 0 Å². The lowest BCUT2D eigenvalue weighted by atomic mass is 10.0. The van der Waals surface area contributed by atoms with Crippen LogP contribution in [0.3, 0.4) is 0 Å². The molecule has 0 saturated heterocycles. The fourth-order valence-corrected chi connectivity index (χ4v) is 2.03. The van der Waals surface area contributed by atoms with Crippen LogP contribution < -0.4 is 5.73 Å². The summed E-state index contributed by atoms with van der Waals surface area (Å²) in [5.74, 6) is 0. The van der Waals surface area contributed by atoms with E-state index >= 15 is 0 Å². The first-order chi connectivity index (χ1) is 5.57. The SMILES string of the molecule is Cc1c(Cl)cc(Br)c(C)c1CN. The van der Waals surface area contributed by atoms with Crippen molar-refractivity contribution in [2.24, 2.45) is 5.73 Å². The third-order valence-electron chi connectivity index (χ3n) is 2.08. The standard InChI is InChI=1S/C9H11BrClN/c1-5-7(4-12)6(2)9(11)3-8(5)10/h3H,4,12H2,1-2H3. The van der Waals surface area contributed by atoms with Crippen LogP contribution in [0.15, 0.2) is 10.5 Å². The predicted octanol–water partition coefficient (Wildman–Crippen LogP) is 3.18. The molecule has 2 N–H and O–H groups in total. The minimum Gasteiger partial charge on any atom is -0.326 e. The summed E-state index contributed by atoms with van der Waals surface area (Å²) in [6.45, 7) is 4.57. The summed E-state index contributed by atoms with van der Waals surface area (Å²) in [4.78, 5) is 0. The van der Waals surface area contributed by atoms with Crippen molar-refractivity contribution in [1.29, 1.82) is 0 Å². The second-order valence-electron chi connectivity index (χ2n) is 2.77. The van der Waals surface area contributed by atoms with Gasteiger partial charge in [0, 0.05) is 16.0 Å². The monoisotopic (exact) mass is 247 g/mol. The van der Waals surface area contributed by atoms with Crippen LogP contribution in [0.2, 0.25) is 5.02 Å². The number of halogens is 2. The molecule has 0 fully saturated rings. The van der Waals surface area contributed by atoms with Crippen LogP contribution >= 0.6 is 27.5 Å². The first-order valence-electron chi connectivity index (χ1n) is 3.72. The minimum atomic E-state index is 0.539. The highest BCUT2D eigenvalue weighted by Gasteiger charge is 2.07. The van der Waals surface area contributed by atoms with Gasteiger partial charge >= 0.3 is 0 Å². The molecule has 0 unspecified atom stereocenters. The normalized spacial score (nSPS) is 10.4. The van der Waals surface area contributed by atoms with Crippen LogP contribution in [0, 0.1) is 13.8 Å². The van der Waals surface area contributed by atoms with Crippen LogP contribution in [0.25, 0.3) is 0 Å². The lowest BCUT2D eigenvalue weighted by Gasteiger charge is -2.10. The zero-order valence-corrected chi connectivity index (χ0v) is 9.46. The first-order valence-corrected chi connectivity index (χ1v) is 4.89. The second-order valence-corrected chi connectivity index (χ2v) is 4.03. The molecule has 66 valence electrons. The lowest BCUT2D eigenvalue weighted by molar-refractivity contribution is 1.02. The molecule has 12 heavy (non-hydrogen) atoms. The summed E-state index contributed by atoms with van der Waals surface area (Å²) in [6, 6.07) is 1.91. The van der Waals surface area contributed by atoms with E-state index in [1.54, 1.807) is 0 Å². The van der Waals surface area contributed by atoms with Crippen LogP contribution in [-0.2, 0) is 6.54 Å². The van der Waals surface area contributed by atoms with E-state index in [4.69, 9.17) is 17.3 Å². The van der Waals surface area contributed by atoms with Gasteiger partial charge in [0.2, 0.25) is 0 Å². The van der Waals surface area contributed by atoms with E-state index in [1.807, 2.05) is 19.9 Å². The van der Waals surface area contributed by atoms with Crippen molar-refractivity contribution in [3.05, 3.63) is 32.3 Å². The molecule has 0 radical (unpaired) electrons. The summed E-state index contributed by atoms with van der Waals surface area (Å²) in [7, 11) is 0. The van der Waals surface area contributed by atoms with Crippen LogP contribution in [0.1, 0.15) is 16.7 Å². The Morgan fingerprint density at radius 3 is 2.50 bits per heavy atom. The molecule has 0 bridgehead atoms. The molecule has 1 aromatic carbocycles. The van der Waals surface area contributed by atoms with Crippen molar-refractivity contribution in [1.82, 2.24) is 0 Å². The van der Waals surface area contributed by atoms with Gasteiger partial charge in [-0.1, -0.05) is 27.5 Å². The Bertz CT molecular complexity index is 284. The highest BCUT2D eigenvalue weighted by atomic mass is 79.9. The second kappa shape index (κ2) is 3.77. The molecular formula is C9H11BrClN. The number of hydrogen-bond donors (Lipinski definition) is 1. The topological polar surface area (TPSA) is 26.0 Å². The quantitative estimate of drug-likeness (QED) is 0.812. The molecule has 0 aliphatic heterocycles. The van der Waals surface area contributed by atoms with Gasteiger partial charge < -0.3 is 5.73 Å². The van der Waals surface area contributed by atoms with E-state index < -0.39 is 0 Å². The van der Waals surface area contributed by atoms with Gasteiger partial charge in [0.1, 0.15) is 0 Å². The molecule has 3 heteroatoms. The molecule has 0 aliphatic carbocycles. The van der Waals surface area contributed by atoms with Crippen LogP contribution in [0.4, 0.5) is 0 Å². The number of hydrogen-bond acceptors (Lipinski definition) is 1. The molecule has 0 atom stereocenters. The van der Waals surface area contributed by atoms with Gasteiger partial charge in [-0.05, 0) is 36.6 Å². The minimum absolute atomic E-state index is 0.539. The maximum atomic E-state index is 5.98. The Morgan fingerprint density at radius 1 is 1.42 bits per heavy atom. The summed E-state index contributed by atoms with van der Waals surface area (Å²) >= 11 is 9.42. The number of nitrogens with two attached hydrogens (primary N) is 1. The average Bonchev–Trinajstić information content (AvgIpc) is 2.02. The number of benzene rings is 1. The molecule has 1 aromatic rings. The van der Waals surface area contributed by atoms with E-state index in [0.717, 1.165) is 20.6 Å². The van der Waals surface area contributed by atoms with E-state index in [2.05, 4.69) is 15.9 Å². The summed E-state index contributed by atoms with van der Waals surface area (Å²) in [5, 5.41) is 0.771. The van der Waals surface area contributed by atoms with Gasteiger partial charge in [-0.3, -0.25) is 0 Å². The van der Waals surface area contributed by atoms with Crippen molar-refractivity contribution >= 4 is 27.5 Å². The third kappa shape index (κ3) is 1.65. The van der Waals surface area contributed by atoms with E-state index in [9.17, 15) is 0 Å². The largest absolute Gasteiger partial charge is 0.326 e. The summed E-state index contributed by atoms with van der Waals surface area (Å²) < 4.78 is 1.03. The maximum Gasteiger partial charge on any atom is 0.0449 e. The van der Waals surface area contributed by atoms with Crippen molar-refractivity contribution < 1.29 is 0 Å². The molecule has 0 aromatic heterocycles. The van der Waals surface area contributed by atoms with Crippen molar-refractivity contribution in [2.75, 3.05) is 0 Å².